The molecule has 0 unspecified atom stereocenters. The Morgan fingerprint density at radius 3 is 2.59 bits per heavy atom. The molecule has 2 aromatic heterocycles. The lowest BCUT2D eigenvalue weighted by Crippen LogP contribution is -2.36. The van der Waals surface area contributed by atoms with Gasteiger partial charge in [-0.1, -0.05) is 0 Å². The highest BCUT2D eigenvalue weighted by molar-refractivity contribution is 5.93. The Bertz CT molecular complexity index is 731. The molecule has 0 aromatic carbocycles. The number of hydrogen-bond donors (Lipinski definition) is 1. The average Bonchev–Trinajstić information content (AvgIpc) is 2.92. The Labute approximate surface area is 158 Å². The highest BCUT2D eigenvalue weighted by Crippen LogP contribution is 2.09. The Balaban J connectivity index is 0.000000817. The van der Waals surface area contributed by atoms with Crippen molar-refractivity contribution in [1.82, 2.24) is 29.5 Å². The van der Waals surface area contributed by atoms with Gasteiger partial charge in [0.15, 0.2) is 0 Å². The van der Waals surface area contributed by atoms with Gasteiger partial charge in [-0.2, -0.15) is 0 Å². The highest BCUT2D eigenvalue weighted by Gasteiger charge is 2.20. The minimum Gasteiger partial charge on any atom is -0.483 e. The number of carboxylic acid groups (broad SMARTS) is 1. The van der Waals surface area contributed by atoms with Crippen molar-refractivity contribution in [2.24, 2.45) is 0 Å². The van der Waals surface area contributed by atoms with Crippen LogP contribution >= 0.6 is 0 Å². The van der Waals surface area contributed by atoms with Crippen LogP contribution in [0.25, 0.3) is 0 Å². The first-order valence-corrected chi connectivity index (χ1v) is 8.91. The maximum Gasteiger partial charge on any atom is 0.290 e. The molecule has 3 rings (SSSR count). The summed E-state index contributed by atoms with van der Waals surface area (Å²) >= 11 is 0. The van der Waals surface area contributed by atoms with Crippen LogP contribution in [0, 0.1) is 13.8 Å². The van der Waals surface area contributed by atoms with Gasteiger partial charge in [0.25, 0.3) is 12.4 Å². The number of pyridine rings is 1. The Hall–Kier alpha value is -2.81. The third kappa shape index (κ3) is 6.14. The molecule has 1 aliphatic rings. The van der Waals surface area contributed by atoms with Gasteiger partial charge in [-0.05, 0) is 38.9 Å². The zero-order valence-electron chi connectivity index (χ0n) is 15.8. The third-order valence-corrected chi connectivity index (χ3v) is 4.50. The first-order chi connectivity index (χ1) is 13.0. The number of nitrogens with zero attached hydrogens (tertiary/aromatic N) is 6. The molecule has 9 heteroatoms. The van der Waals surface area contributed by atoms with Crippen molar-refractivity contribution < 1.29 is 14.7 Å². The molecule has 0 bridgehead atoms. The average molecular weight is 374 g/mol. The van der Waals surface area contributed by atoms with Crippen LogP contribution in [0.1, 0.15) is 28.3 Å². The summed E-state index contributed by atoms with van der Waals surface area (Å²) in [5.74, 6) is 1.02. The first-order valence-electron chi connectivity index (χ1n) is 8.91. The fourth-order valence-corrected chi connectivity index (χ4v) is 2.96. The van der Waals surface area contributed by atoms with Crippen LogP contribution in [0.4, 0.5) is 0 Å². The second-order valence-electron chi connectivity index (χ2n) is 6.35. The summed E-state index contributed by atoms with van der Waals surface area (Å²) < 4.78 is 2.06. The van der Waals surface area contributed by atoms with Crippen molar-refractivity contribution in [2.45, 2.75) is 26.8 Å². The molecule has 0 spiro atoms. The number of aryl methyl sites for hydroxylation is 2. The van der Waals surface area contributed by atoms with E-state index in [0.29, 0.717) is 5.56 Å². The number of carbonyl (C=O) groups is 2. The number of carbonyl (C=O) groups excluding carboxylic acids is 1. The summed E-state index contributed by atoms with van der Waals surface area (Å²) in [4.78, 5) is 29.5. The van der Waals surface area contributed by atoms with E-state index in [2.05, 4.69) is 24.6 Å². The zero-order valence-corrected chi connectivity index (χ0v) is 15.8. The van der Waals surface area contributed by atoms with Crippen LogP contribution in [0.2, 0.25) is 0 Å². The molecule has 0 aliphatic carbocycles. The van der Waals surface area contributed by atoms with Crippen LogP contribution in [-0.2, 0) is 11.3 Å². The fraction of sp³-hybridized carbons (Fsp3) is 0.500. The van der Waals surface area contributed by atoms with Gasteiger partial charge in [-0.25, -0.2) is 0 Å². The topological polar surface area (TPSA) is 104 Å². The second-order valence-corrected chi connectivity index (χ2v) is 6.35. The molecule has 1 fully saturated rings. The largest absolute Gasteiger partial charge is 0.483 e. The molecule has 1 N–H and O–H groups in total. The van der Waals surface area contributed by atoms with Crippen LogP contribution in [0.3, 0.4) is 0 Å². The standard InChI is InChI=1S/C17H24N6O.CH2O2/c1-14-4-5-16(12-18-14)17(24)22-7-3-6-21(8-10-22)9-11-23-13-19-20-15(23)2;2-1-3/h4-5,12-13H,3,6-11H2,1-2H3;1H,(H,2,3). The maximum absolute atomic E-state index is 12.6. The van der Waals surface area contributed by atoms with E-state index in [1.807, 2.05) is 30.9 Å². The van der Waals surface area contributed by atoms with E-state index in [0.717, 1.165) is 57.2 Å². The van der Waals surface area contributed by atoms with Gasteiger partial charge in [-0.3, -0.25) is 19.5 Å². The molecule has 2 aromatic rings. The minimum atomic E-state index is -0.250. The van der Waals surface area contributed by atoms with Crippen molar-refractivity contribution in [2.75, 3.05) is 32.7 Å². The fourth-order valence-electron chi connectivity index (χ4n) is 2.96. The molecule has 0 saturated carbocycles. The summed E-state index contributed by atoms with van der Waals surface area (Å²) in [5, 5.41) is 14.8. The Morgan fingerprint density at radius 2 is 1.96 bits per heavy atom. The van der Waals surface area contributed by atoms with E-state index in [1.165, 1.54) is 0 Å². The lowest BCUT2D eigenvalue weighted by molar-refractivity contribution is -0.122. The maximum atomic E-state index is 12.6. The second kappa shape index (κ2) is 10.4. The predicted molar refractivity (Wildman–Crippen MR) is 99.4 cm³/mol. The number of aromatic nitrogens is 4. The molecule has 146 valence electrons. The lowest BCUT2D eigenvalue weighted by atomic mass is 10.2. The Kier molecular flexibility index (Phi) is 7.87. The van der Waals surface area contributed by atoms with Crippen LogP contribution in [0.5, 0.6) is 0 Å². The first kappa shape index (κ1) is 20.5. The SMILES string of the molecule is Cc1ccc(C(=O)N2CCCN(CCn3cnnc3C)CC2)cn1.O=CO. The van der Waals surface area contributed by atoms with Crippen LogP contribution in [-0.4, -0.2) is 79.8 Å². The van der Waals surface area contributed by atoms with Gasteiger partial charge < -0.3 is 14.6 Å². The molecular weight excluding hydrogens is 348 g/mol. The predicted octanol–water partition coefficient (Wildman–Crippen LogP) is 0.839. The van der Waals surface area contributed by atoms with Gasteiger partial charge in [0.05, 0.1) is 5.56 Å². The molecule has 9 nitrogen and oxygen atoms in total. The van der Waals surface area contributed by atoms with E-state index in [1.54, 1.807) is 12.5 Å². The summed E-state index contributed by atoms with van der Waals surface area (Å²) in [5.41, 5.74) is 1.60. The van der Waals surface area contributed by atoms with Gasteiger partial charge in [0.2, 0.25) is 0 Å². The number of hydrogen-bond acceptors (Lipinski definition) is 6. The smallest absolute Gasteiger partial charge is 0.290 e. The summed E-state index contributed by atoms with van der Waals surface area (Å²) in [7, 11) is 0. The molecule has 3 heterocycles. The van der Waals surface area contributed by atoms with Crippen molar-refractivity contribution in [3.05, 3.63) is 41.7 Å². The summed E-state index contributed by atoms with van der Waals surface area (Å²) in [6.45, 7) is 8.94. The molecular formula is C18H26N6O3. The highest BCUT2D eigenvalue weighted by atomic mass is 16.3. The Morgan fingerprint density at radius 1 is 1.19 bits per heavy atom. The minimum absolute atomic E-state index is 0.0824. The van der Waals surface area contributed by atoms with Gasteiger partial charge in [-0.15, -0.1) is 10.2 Å². The van der Waals surface area contributed by atoms with Crippen molar-refractivity contribution in [3.8, 4) is 0 Å². The van der Waals surface area contributed by atoms with Gasteiger partial charge in [0.1, 0.15) is 12.2 Å². The van der Waals surface area contributed by atoms with E-state index >= 15 is 0 Å². The molecule has 1 aliphatic heterocycles. The van der Waals surface area contributed by atoms with Crippen molar-refractivity contribution >= 4 is 12.4 Å². The normalized spacial score (nSPS) is 14.8. The lowest BCUT2D eigenvalue weighted by Gasteiger charge is -2.22. The van der Waals surface area contributed by atoms with E-state index in [9.17, 15) is 4.79 Å². The number of rotatable bonds is 4. The molecule has 27 heavy (non-hydrogen) atoms. The van der Waals surface area contributed by atoms with E-state index in [-0.39, 0.29) is 12.4 Å². The van der Waals surface area contributed by atoms with E-state index in [4.69, 9.17) is 9.90 Å². The summed E-state index contributed by atoms with van der Waals surface area (Å²) in [6.07, 6.45) is 4.44. The van der Waals surface area contributed by atoms with Crippen molar-refractivity contribution in [3.63, 3.8) is 0 Å². The third-order valence-electron chi connectivity index (χ3n) is 4.50. The quantitative estimate of drug-likeness (QED) is 0.791. The van der Waals surface area contributed by atoms with Gasteiger partial charge >= 0.3 is 0 Å². The van der Waals surface area contributed by atoms with Gasteiger partial charge in [0, 0.05) is 44.6 Å². The molecule has 0 atom stereocenters. The van der Waals surface area contributed by atoms with E-state index < -0.39 is 0 Å². The number of amides is 1. The monoisotopic (exact) mass is 374 g/mol. The molecule has 0 radical (unpaired) electrons. The zero-order chi connectivity index (χ0) is 19.6. The van der Waals surface area contributed by atoms with Crippen LogP contribution < -0.4 is 0 Å². The molecule has 1 saturated heterocycles. The summed E-state index contributed by atoms with van der Waals surface area (Å²) in [6, 6.07) is 3.75. The molecule has 1 amide bonds. The van der Waals surface area contributed by atoms with Crippen LogP contribution in [0.15, 0.2) is 24.7 Å². The van der Waals surface area contributed by atoms with Crippen molar-refractivity contribution in [1.29, 1.82) is 0 Å².